The minimum Gasteiger partial charge on any atom is -0.381 e. The van der Waals surface area contributed by atoms with Crippen molar-refractivity contribution in [2.24, 2.45) is 17.8 Å². The molecule has 3 heteroatoms. The summed E-state index contributed by atoms with van der Waals surface area (Å²) in [5.74, 6) is 2.38. The van der Waals surface area contributed by atoms with E-state index in [9.17, 15) is 4.79 Å². The van der Waals surface area contributed by atoms with Gasteiger partial charge in [-0.3, -0.25) is 4.79 Å². The van der Waals surface area contributed by atoms with Gasteiger partial charge in [-0.25, -0.2) is 0 Å². The van der Waals surface area contributed by atoms with Crippen molar-refractivity contribution in [2.45, 2.75) is 63.5 Å². The molecule has 0 spiro atoms. The lowest BCUT2D eigenvalue weighted by Gasteiger charge is -2.36. The van der Waals surface area contributed by atoms with Gasteiger partial charge < -0.3 is 9.64 Å². The summed E-state index contributed by atoms with van der Waals surface area (Å²) >= 11 is 0. The molecular weight excluding hydrogens is 238 g/mol. The largest absolute Gasteiger partial charge is 0.381 e. The molecule has 108 valence electrons. The van der Waals surface area contributed by atoms with Gasteiger partial charge in [0.25, 0.3) is 0 Å². The van der Waals surface area contributed by atoms with Gasteiger partial charge in [-0.05, 0) is 56.8 Å². The van der Waals surface area contributed by atoms with Crippen molar-refractivity contribution in [2.75, 3.05) is 14.2 Å². The van der Waals surface area contributed by atoms with Gasteiger partial charge >= 0.3 is 0 Å². The Morgan fingerprint density at radius 1 is 1.05 bits per heavy atom. The topological polar surface area (TPSA) is 29.5 Å². The fraction of sp³-hybridized carbons (Fsp3) is 0.938. The monoisotopic (exact) mass is 265 g/mol. The van der Waals surface area contributed by atoms with Gasteiger partial charge in [-0.15, -0.1) is 0 Å². The highest BCUT2D eigenvalue weighted by molar-refractivity contribution is 5.79. The number of carbonyl (C=O) groups is 1. The van der Waals surface area contributed by atoms with Crippen molar-refractivity contribution in [1.82, 2.24) is 4.90 Å². The van der Waals surface area contributed by atoms with Gasteiger partial charge in [-0.1, -0.05) is 6.42 Å². The van der Waals surface area contributed by atoms with Crippen LogP contribution >= 0.6 is 0 Å². The van der Waals surface area contributed by atoms with Crippen molar-refractivity contribution in [3.63, 3.8) is 0 Å². The Morgan fingerprint density at radius 3 is 2.32 bits per heavy atom. The Kier molecular flexibility index (Phi) is 3.84. The molecule has 0 aromatic rings. The second-order valence-corrected chi connectivity index (χ2v) is 6.90. The third-order valence-corrected chi connectivity index (χ3v) is 5.90. The van der Waals surface area contributed by atoms with Gasteiger partial charge in [0.05, 0.1) is 6.10 Å². The molecule has 0 aromatic heterocycles. The predicted molar refractivity (Wildman–Crippen MR) is 74.8 cm³/mol. The van der Waals surface area contributed by atoms with Crippen molar-refractivity contribution >= 4 is 5.91 Å². The SMILES string of the molecule is COC1CCC(C(=O)N(C)C2CC3CCC2C3)CC1. The average molecular weight is 265 g/mol. The van der Waals surface area contributed by atoms with Crippen LogP contribution in [0.25, 0.3) is 0 Å². The van der Waals surface area contributed by atoms with Crippen molar-refractivity contribution in [3.05, 3.63) is 0 Å². The Morgan fingerprint density at radius 2 is 1.79 bits per heavy atom. The molecule has 1 amide bonds. The lowest BCUT2D eigenvalue weighted by Crippen LogP contribution is -2.44. The lowest BCUT2D eigenvalue weighted by molar-refractivity contribution is -0.139. The van der Waals surface area contributed by atoms with Gasteiger partial charge in [0, 0.05) is 26.1 Å². The molecule has 3 atom stereocenters. The zero-order valence-corrected chi connectivity index (χ0v) is 12.3. The molecule has 0 aromatic carbocycles. The van der Waals surface area contributed by atoms with Gasteiger partial charge in [0.15, 0.2) is 0 Å². The molecular formula is C16H27NO2. The quantitative estimate of drug-likeness (QED) is 0.785. The number of fused-ring (bicyclic) bond motifs is 2. The smallest absolute Gasteiger partial charge is 0.225 e. The number of amides is 1. The Labute approximate surface area is 116 Å². The van der Waals surface area contributed by atoms with Crippen LogP contribution < -0.4 is 0 Å². The van der Waals surface area contributed by atoms with Crippen LogP contribution in [0, 0.1) is 17.8 Å². The number of rotatable bonds is 3. The fourth-order valence-electron chi connectivity index (χ4n) is 4.68. The maximum absolute atomic E-state index is 12.6. The minimum absolute atomic E-state index is 0.260. The van der Waals surface area contributed by atoms with Gasteiger partial charge in [-0.2, -0.15) is 0 Å². The van der Waals surface area contributed by atoms with E-state index < -0.39 is 0 Å². The predicted octanol–water partition coefficient (Wildman–Crippen LogP) is 2.84. The van der Waals surface area contributed by atoms with Crippen molar-refractivity contribution in [3.8, 4) is 0 Å². The van der Waals surface area contributed by atoms with E-state index in [-0.39, 0.29) is 5.92 Å². The third kappa shape index (κ3) is 2.54. The van der Waals surface area contributed by atoms with Crippen LogP contribution in [-0.4, -0.2) is 37.1 Å². The van der Waals surface area contributed by atoms with E-state index in [1.54, 1.807) is 7.11 Å². The lowest BCUT2D eigenvalue weighted by atomic mass is 9.85. The molecule has 3 aliphatic rings. The molecule has 3 saturated carbocycles. The van der Waals surface area contributed by atoms with Crippen LogP contribution in [0.3, 0.4) is 0 Å². The van der Waals surface area contributed by atoms with Crippen LogP contribution in [0.2, 0.25) is 0 Å². The van der Waals surface area contributed by atoms with E-state index in [0.29, 0.717) is 18.1 Å². The van der Waals surface area contributed by atoms with Crippen LogP contribution in [0.5, 0.6) is 0 Å². The minimum atomic E-state index is 0.260. The van der Waals surface area contributed by atoms with E-state index in [0.717, 1.165) is 37.5 Å². The first-order chi connectivity index (χ1) is 9.19. The number of hydrogen-bond donors (Lipinski definition) is 0. The number of ether oxygens (including phenoxy) is 1. The molecule has 19 heavy (non-hydrogen) atoms. The molecule has 0 N–H and O–H groups in total. The van der Waals surface area contributed by atoms with Crippen LogP contribution in [0.1, 0.15) is 51.4 Å². The van der Waals surface area contributed by atoms with E-state index in [4.69, 9.17) is 4.74 Å². The van der Waals surface area contributed by atoms with E-state index in [2.05, 4.69) is 11.9 Å². The van der Waals surface area contributed by atoms with E-state index in [1.165, 1.54) is 25.7 Å². The summed E-state index contributed by atoms with van der Waals surface area (Å²) in [5, 5.41) is 0. The van der Waals surface area contributed by atoms with E-state index >= 15 is 0 Å². The summed E-state index contributed by atoms with van der Waals surface area (Å²) in [6, 6.07) is 0.548. The second-order valence-electron chi connectivity index (χ2n) is 6.90. The molecule has 0 radical (unpaired) electrons. The number of nitrogens with zero attached hydrogens (tertiary/aromatic N) is 1. The molecule has 2 bridgehead atoms. The third-order valence-electron chi connectivity index (χ3n) is 5.90. The standard InChI is InChI=1S/C16H27NO2/c1-17(15-10-11-3-4-13(15)9-11)16(18)12-5-7-14(19-2)8-6-12/h11-15H,3-10H2,1-2H3. The number of hydrogen-bond acceptors (Lipinski definition) is 2. The van der Waals surface area contributed by atoms with Crippen molar-refractivity contribution in [1.29, 1.82) is 0 Å². The highest BCUT2D eigenvalue weighted by atomic mass is 16.5. The first kappa shape index (κ1) is 13.4. The normalized spacial score (nSPS) is 41.5. The summed E-state index contributed by atoms with van der Waals surface area (Å²) in [6.45, 7) is 0. The molecule has 0 aliphatic heterocycles. The summed E-state index contributed by atoms with van der Waals surface area (Å²) in [4.78, 5) is 14.8. The van der Waals surface area contributed by atoms with Crippen LogP contribution in [-0.2, 0) is 9.53 Å². The molecule has 3 nitrogen and oxygen atoms in total. The van der Waals surface area contributed by atoms with Crippen LogP contribution in [0.4, 0.5) is 0 Å². The van der Waals surface area contributed by atoms with Gasteiger partial charge in [0.1, 0.15) is 0 Å². The summed E-state index contributed by atoms with van der Waals surface area (Å²) < 4.78 is 5.39. The summed E-state index contributed by atoms with van der Waals surface area (Å²) in [5.41, 5.74) is 0. The maximum Gasteiger partial charge on any atom is 0.225 e. The van der Waals surface area contributed by atoms with Gasteiger partial charge in [0.2, 0.25) is 5.91 Å². The van der Waals surface area contributed by atoms with Crippen LogP contribution in [0.15, 0.2) is 0 Å². The Hall–Kier alpha value is -0.570. The Balaban J connectivity index is 1.55. The first-order valence-electron chi connectivity index (χ1n) is 7.98. The molecule has 3 fully saturated rings. The average Bonchev–Trinajstić information content (AvgIpc) is 3.08. The number of carbonyl (C=O) groups excluding carboxylic acids is 1. The molecule has 0 saturated heterocycles. The summed E-state index contributed by atoms with van der Waals surface area (Å²) in [6.07, 6.45) is 9.92. The molecule has 3 unspecified atom stereocenters. The highest BCUT2D eigenvalue weighted by Gasteiger charge is 2.43. The Bertz CT molecular complexity index is 336. The molecule has 3 aliphatic carbocycles. The number of methoxy groups -OCH3 is 1. The van der Waals surface area contributed by atoms with Crippen molar-refractivity contribution < 1.29 is 9.53 Å². The molecule has 3 rings (SSSR count). The highest BCUT2D eigenvalue weighted by Crippen LogP contribution is 2.46. The molecule has 0 heterocycles. The zero-order chi connectivity index (χ0) is 13.4. The first-order valence-corrected chi connectivity index (χ1v) is 7.98. The second kappa shape index (κ2) is 5.43. The fourth-order valence-corrected chi connectivity index (χ4v) is 4.68. The van der Waals surface area contributed by atoms with E-state index in [1.807, 2.05) is 0 Å². The summed E-state index contributed by atoms with van der Waals surface area (Å²) in [7, 11) is 3.84. The zero-order valence-electron chi connectivity index (χ0n) is 12.3. The maximum atomic E-state index is 12.6.